The molecule has 1 unspecified atom stereocenters. The van der Waals surface area contributed by atoms with Crippen LogP contribution in [0.25, 0.3) is 0 Å². The van der Waals surface area contributed by atoms with Crippen molar-refractivity contribution in [1.82, 2.24) is 15.1 Å². The van der Waals surface area contributed by atoms with Gasteiger partial charge in [-0.15, -0.1) is 0 Å². The van der Waals surface area contributed by atoms with Crippen molar-refractivity contribution in [2.45, 2.75) is 36.6 Å². The Morgan fingerprint density at radius 2 is 1.77 bits per heavy atom. The lowest BCUT2D eigenvalue weighted by atomic mass is 9.90. The van der Waals surface area contributed by atoms with Crippen molar-refractivity contribution in [3.8, 4) is 0 Å². The largest absolute Gasteiger partial charge is 0.381 e. The second-order valence-corrected chi connectivity index (χ2v) is 9.78. The van der Waals surface area contributed by atoms with E-state index in [0.717, 1.165) is 6.07 Å². The quantitative estimate of drug-likeness (QED) is 0.133. The first-order chi connectivity index (χ1) is 18.8. The molecular weight excluding hydrogens is 535 g/mol. The minimum atomic E-state index is -3.78. The first kappa shape index (κ1) is 28.0. The fraction of sp³-hybridized carbons (Fsp3) is 0.400. The van der Waals surface area contributed by atoms with Crippen LogP contribution in [0.3, 0.4) is 0 Å². The number of hydrogen-bond donors (Lipinski definition) is 8. The molecule has 2 saturated heterocycles. The van der Waals surface area contributed by atoms with Gasteiger partial charge in [-0.2, -0.15) is 0 Å². The monoisotopic (exact) mass is 562 g/mol. The molecule has 3 aliphatic heterocycles. The van der Waals surface area contributed by atoms with Crippen molar-refractivity contribution >= 4 is 23.4 Å². The van der Waals surface area contributed by atoms with Crippen LogP contribution in [0.2, 0.25) is 0 Å². The highest BCUT2D eigenvalue weighted by molar-refractivity contribution is 6.08. The number of carbonyl (C=O) groups excluding carboxylic acids is 3. The first-order valence-electron chi connectivity index (χ1n) is 12.2. The molecule has 0 bridgehead atoms. The summed E-state index contributed by atoms with van der Waals surface area (Å²) in [7, 11) is 0. The number of anilines is 1. The Bertz CT molecular complexity index is 1380. The highest BCUT2D eigenvalue weighted by Crippen LogP contribution is 2.37. The van der Waals surface area contributed by atoms with Crippen molar-refractivity contribution in [3.63, 3.8) is 0 Å². The van der Waals surface area contributed by atoms with Gasteiger partial charge in [-0.05, 0) is 18.2 Å². The van der Waals surface area contributed by atoms with Crippen LogP contribution in [-0.2, 0) is 33.3 Å². The van der Waals surface area contributed by atoms with E-state index in [0.29, 0.717) is 29.4 Å². The van der Waals surface area contributed by atoms with Gasteiger partial charge < -0.3 is 45.6 Å². The highest BCUT2D eigenvalue weighted by atomic mass is 19.1. The smallest absolute Gasteiger partial charge is 0.303 e. The van der Waals surface area contributed by atoms with E-state index in [1.807, 2.05) is 0 Å². The second-order valence-electron chi connectivity index (χ2n) is 9.78. The summed E-state index contributed by atoms with van der Waals surface area (Å²) in [4.78, 5) is 39.3. The molecule has 0 aliphatic carbocycles. The standard InChI is InChI=1S/C25H27FN4O10/c26-17-10-14(25(38,39)29-6-8-40-9-7-29)5-4-13(17)11-27-18-3-1-2-15-16(18)12-30(21(15)32)19-20(31)28-22(33)24(36,37)23(19,34)35/h1-5,10,19,27,34-39H,6-9,11-12H2,(H,28,31,33). The number of amides is 3. The number of benzene rings is 2. The Morgan fingerprint density at radius 3 is 2.45 bits per heavy atom. The maximum atomic E-state index is 15.0. The third kappa shape index (κ3) is 4.42. The Kier molecular flexibility index (Phi) is 6.88. The van der Waals surface area contributed by atoms with Crippen molar-refractivity contribution in [3.05, 3.63) is 64.5 Å². The molecule has 3 aliphatic rings. The number of halogens is 1. The number of nitrogens with zero attached hydrogens (tertiary/aromatic N) is 2. The fourth-order valence-corrected chi connectivity index (χ4v) is 5.04. The van der Waals surface area contributed by atoms with Gasteiger partial charge in [0.25, 0.3) is 29.4 Å². The summed E-state index contributed by atoms with van der Waals surface area (Å²) in [6.45, 7) is 0.610. The summed E-state index contributed by atoms with van der Waals surface area (Å²) in [5.41, 5.74) is 0.765. The first-order valence-corrected chi connectivity index (χ1v) is 12.2. The number of fused-ring (bicyclic) bond motifs is 1. The van der Waals surface area contributed by atoms with Crippen LogP contribution in [-0.4, -0.2) is 102 Å². The summed E-state index contributed by atoms with van der Waals surface area (Å²) in [6.07, 6.45) is 0. The summed E-state index contributed by atoms with van der Waals surface area (Å²) in [6, 6.07) is 5.96. The number of carbonyl (C=O) groups is 3. The minimum Gasteiger partial charge on any atom is -0.381 e. The molecule has 0 radical (unpaired) electrons. The minimum absolute atomic E-state index is 0.0543. The van der Waals surface area contributed by atoms with Crippen LogP contribution in [0.5, 0.6) is 0 Å². The molecule has 14 nitrogen and oxygen atoms in total. The maximum Gasteiger partial charge on any atom is 0.303 e. The van der Waals surface area contributed by atoms with E-state index >= 15 is 0 Å². The predicted octanol–water partition coefficient (Wildman–Crippen LogP) is -2.79. The summed E-state index contributed by atoms with van der Waals surface area (Å²) >= 11 is 0. The van der Waals surface area contributed by atoms with E-state index in [9.17, 15) is 49.4 Å². The zero-order valence-corrected chi connectivity index (χ0v) is 20.9. The summed E-state index contributed by atoms with van der Waals surface area (Å²) in [5, 5.41) is 66.3. The van der Waals surface area contributed by atoms with Gasteiger partial charge in [0, 0.05) is 54.1 Å². The third-order valence-electron chi connectivity index (χ3n) is 7.37. The number of nitrogens with one attached hydrogen (secondary N) is 2. The van der Waals surface area contributed by atoms with Crippen LogP contribution in [0.1, 0.15) is 27.0 Å². The molecule has 40 heavy (non-hydrogen) atoms. The molecule has 15 heteroatoms. The molecule has 3 amide bonds. The van der Waals surface area contributed by atoms with Crippen molar-refractivity contribution < 1.29 is 54.2 Å². The molecule has 3 heterocycles. The van der Waals surface area contributed by atoms with Crippen LogP contribution in [0.4, 0.5) is 10.1 Å². The predicted molar refractivity (Wildman–Crippen MR) is 130 cm³/mol. The molecular formula is C25H27FN4O10. The number of ether oxygens (including phenoxy) is 1. The topological polar surface area (TPSA) is 212 Å². The van der Waals surface area contributed by atoms with Crippen LogP contribution >= 0.6 is 0 Å². The van der Waals surface area contributed by atoms with E-state index in [2.05, 4.69) is 5.32 Å². The number of imide groups is 1. The van der Waals surface area contributed by atoms with Crippen molar-refractivity contribution in [1.29, 1.82) is 0 Å². The zero-order valence-electron chi connectivity index (χ0n) is 20.9. The van der Waals surface area contributed by atoms with E-state index in [1.165, 1.54) is 29.2 Å². The fourth-order valence-electron chi connectivity index (χ4n) is 5.04. The van der Waals surface area contributed by atoms with E-state index in [-0.39, 0.29) is 42.9 Å². The van der Waals surface area contributed by atoms with Gasteiger partial charge in [0.15, 0.2) is 6.04 Å². The number of piperidine rings is 1. The van der Waals surface area contributed by atoms with Gasteiger partial charge in [-0.25, -0.2) is 9.29 Å². The molecule has 5 rings (SSSR count). The number of hydrogen-bond acceptors (Lipinski definition) is 12. The molecule has 2 fully saturated rings. The summed E-state index contributed by atoms with van der Waals surface area (Å²) < 4.78 is 20.2. The SMILES string of the molecule is O=C1NC(=O)C(O)(O)C(O)(O)C1N1Cc2c(NCc3ccc(C(O)(O)N4CCOCC4)cc3F)cccc2C1=O. The molecule has 2 aromatic carbocycles. The lowest BCUT2D eigenvalue weighted by Crippen LogP contribution is -2.79. The van der Waals surface area contributed by atoms with Gasteiger partial charge in [-0.3, -0.25) is 19.7 Å². The van der Waals surface area contributed by atoms with E-state index in [4.69, 9.17) is 4.74 Å². The lowest BCUT2D eigenvalue weighted by molar-refractivity contribution is -0.355. The Balaban J connectivity index is 1.34. The van der Waals surface area contributed by atoms with E-state index < -0.39 is 47.1 Å². The van der Waals surface area contributed by atoms with Gasteiger partial charge in [-0.1, -0.05) is 18.2 Å². The van der Waals surface area contributed by atoms with Gasteiger partial charge in [0.05, 0.1) is 13.2 Å². The molecule has 214 valence electrons. The molecule has 2 aromatic rings. The molecule has 0 aromatic heterocycles. The zero-order chi connectivity index (χ0) is 29.0. The molecule has 1 atom stereocenters. The number of rotatable bonds is 6. The Morgan fingerprint density at radius 1 is 1.07 bits per heavy atom. The van der Waals surface area contributed by atoms with Crippen LogP contribution < -0.4 is 10.6 Å². The molecule has 0 saturated carbocycles. The Labute approximate surface area is 225 Å². The lowest BCUT2D eigenvalue weighted by Gasteiger charge is -2.44. The van der Waals surface area contributed by atoms with Gasteiger partial charge in [0.1, 0.15) is 5.82 Å². The van der Waals surface area contributed by atoms with Crippen LogP contribution in [0.15, 0.2) is 36.4 Å². The molecule has 0 spiro atoms. The maximum absolute atomic E-state index is 15.0. The third-order valence-corrected chi connectivity index (χ3v) is 7.37. The van der Waals surface area contributed by atoms with Crippen LogP contribution in [0, 0.1) is 5.82 Å². The van der Waals surface area contributed by atoms with Gasteiger partial charge in [0.2, 0.25) is 0 Å². The average molecular weight is 563 g/mol. The average Bonchev–Trinajstić information content (AvgIpc) is 3.23. The number of morpholine rings is 1. The van der Waals surface area contributed by atoms with E-state index in [1.54, 1.807) is 11.4 Å². The molecule has 8 N–H and O–H groups in total. The highest BCUT2D eigenvalue weighted by Gasteiger charge is 2.67. The Hall–Kier alpha value is -3.54. The number of aliphatic hydroxyl groups is 6. The van der Waals surface area contributed by atoms with Crippen molar-refractivity contribution in [2.75, 3.05) is 31.6 Å². The van der Waals surface area contributed by atoms with Gasteiger partial charge >= 0.3 is 5.79 Å². The second kappa shape index (κ2) is 9.83. The normalized spacial score (nSPS) is 22.7. The summed E-state index contributed by atoms with van der Waals surface area (Å²) in [5.74, 6) is -14.6. The van der Waals surface area contributed by atoms with Crippen molar-refractivity contribution in [2.24, 2.45) is 0 Å².